The van der Waals surface area contributed by atoms with Crippen molar-refractivity contribution in [3.05, 3.63) is 41.7 Å². The summed E-state index contributed by atoms with van der Waals surface area (Å²) >= 11 is 0. The maximum Gasteiger partial charge on any atom is 0.157 e. The van der Waals surface area contributed by atoms with Gasteiger partial charge in [-0.15, -0.1) is 0 Å². The molecule has 1 aromatic carbocycles. The number of hydrogen-bond acceptors (Lipinski definition) is 4. The Kier molecular flexibility index (Phi) is 5.28. The summed E-state index contributed by atoms with van der Waals surface area (Å²) in [5.74, 6) is 2.14. The van der Waals surface area contributed by atoms with E-state index in [0.29, 0.717) is 18.3 Å². The van der Waals surface area contributed by atoms with Crippen molar-refractivity contribution in [2.24, 2.45) is 5.92 Å². The molecular weight excluding hydrogens is 262 g/mol. The lowest BCUT2D eigenvalue weighted by atomic mass is 10.00. The number of nitrogens with zero attached hydrogens (tertiary/aromatic N) is 2. The lowest BCUT2D eigenvalue weighted by Crippen LogP contribution is -2.03. The molecule has 0 unspecified atom stereocenters. The fourth-order valence-corrected chi connectivity index (χ4v) is 2.30. The normalized spacial score (nSPS) is 10.9. The average Bonchev–Trinajstić information content (AvgIpc) is 2.47. The maximum absolute atomic E-state index is 5.14. The third-order valence-corrected chi connectivity index (χ3v) is 3.17. The zero-order valence-corrected chi connectivity index (χ0v) is 13.2. The molecule has 0 saturated heterocycles. The maximum atomic E-state index is 5.14. The first-order chi connectivity index (χ1) is 10.1. The monoisotopic (exact) mass is 285 g/mol. The second-order valence-electron chi connectivity index (χ2n) is 5.54. The van der Waals surface area contributed by atoms with Crippen LogP contribution in [0.2, 0.25) is 0 Å². The van der Waals surface area contributed by atoms with Gasteiger partial charge in [0.05, 0.1) is 5.69 Å². The Morgan fingerprint density at radius 1 is 1.19 bits per heavy atom. The van der Waals surface area contributed by atoms with Crippen molar-refractivity contribution < 1.29 is 4.74 Å². The summed E-state index contributed by atoms with van der Waals surface area (Å²) in [5, 5.41) is 3.08. The largest absolute Gasteiger partial charge is 0.377 e. The highest BCUT2D eigenvalue weighted by atomic mass is 16.5. The number of anilines is 1. The Bertz CT molecular complexity index is 596. The van der Waals surface area contributed by atoms with Gasteiger partial charge >= 0.3 is 0 Å². The van der Waals surface area contributed by atoms with Crippen LogP contribution >= 0.6 is 0 Å². The third kappa shape index (κ3) is 4.26. The molecule has 4 heteroatoms. The van der Waals surface area contributed by atoms with E-state index in [9.17, 15) is 0 Å². The Morgan fingerprint density at radius 3 is 2.67 bits per heavy atom. The van der Waals surface area contributed by atoms with Crippen LogP contribution in [0.3, 0.4) is 0 Å². The Labute approximate surface area is 126 Å². The minimum Gasteiger partial charge on any atom is -0.377 e. The van der Waals surface area contributed by atoms with Gasteiger partial charge in [-0.05, 0) is 24.0 Å². The van der Waals surface area contributed by atoms with Crippen LogP contribution in [0.15, 0.2) is 30.3 Å². The van der Waals surface area contributed by atoms with Gasteiger partial charge in [0.2, 0.25) is 0 Å². The number of nitrogens with one attached hydrogen (secondary N) is 1. The topological polar surface area (TPSA) is 47.0 Å². The van der Waals surface area contributed by atoms with E-state index < -0.39 is 0 Å². The fraction of sp³-hybridized carbons (Fsp3) is 0.412. The van der Waals surface area contributed by atoms with Gasteiger partial charge in [0.15, 0.2) is 5.82 Å². The minimum absolute atomic E-state index is 0.411. The van der Waals surface area contributed by atoms with E-state index in [0.717, 1.165) is 23.5 Å². The predicted molar refractivity (Wildman–Crippen MR) is 86.3 cm³/mol. The summed E-state index contributed by atoms with van der Waals surface area (Å²) in [6, 6.07) is 10.5. The van der Waals surface area contributed by atoms with Crippen LogP contribution in [0.1, 0.15) is 25.2 Å². The molecule has 0 atom stereocenters. The molecule has 1 aromatic heterocycles. The van der Waals surface area contributed by atoms with Gasteiger partial charge in [-0.3, -0.25) is 0 Å². The first-order valence-corrected chi connectivity index (χ1v) is 7.26. The Balaban J connectivity index is 2.38. The van der Waals surface area contributed by atoms with Crippen molar-refractivity contribution in [3.63, 3.8) is 0 Å². The van der Waals surface area contributed by atoms with Gasteiger partial charge in [0.25, 0.3) is 0 Å². The molecule has 2 aromatic rings. The van der Waals surface area contributed by atoms with Crippen LogP contribution in [0, 0.1) is 5.92 Å². The van der Waals surface area contributed by atoms with Crippen molar-refractivity contribution in [2.75, 3.05) is 19.5 Å². The van der Waals surface area contributed by atoms with Crippen LogP contribution in [-0.4, -0.2) is 24.1 Å². The van der Waals surface area contributed by atoms with E-state index in [2.05, 4.69) is 53.4 Å². The van der Waals surface area contributed by atoms with Crippen LogP contribution < -0.4 is 5.32 Å². The molecule has 0 saturated carbocycles. The highest BCUT2D eigenvalue weighted by molar-refractivity contribution is 5.63. The third-order valence-electron chi connectivity index (χ3n) is 3.17. The van der Waals surface area contributed by atoms with Crippen molar-refractivity contribution >= 4 is 5.82 Å². The van der Waals surface area contributed by atoms with Gasteiger partial charge < -0.3 is 10.1 Å². The quantitative estimate of drug-likeness (QED) is 0.882. The summed E-state index contributed by atoms with van der Waals surface area (Å²) < 4.78 is 5.14. The van der Waals surface area contributed by atoms with E-state index in [-0.39, 0.29) is 0 Å². The summed E-state index contributed by atoms with van der Waals surface area (Å²) in [7, 11) is 3.51. The number of aromatic nitrogens is 2. The van der Waals surface area contributed by atoms with Crippen LogP contribution in [0.4, 0.5) is 5.82 Å². The average molecular weight is 285 g/mol. The summed E-state index contributed by atoms with van der Waals surface area (Å²) in [5.41, 5.74) is 3.37. The number of hydrogen-bond donors (Lipinski definition) is 1. The van der Waals surface area contributed by atoms with E-state index >= 15 is 0 Å². The number of ether oxygens (including phenoxy) is 1. The molecule has 0 radical (unpaired) electrons. The smallest absolute Gasteiger partial charge is 0.157 e. The van der Waals surface area contributed by atoms with Gasteiger partial charge in [-0.2, -0.15) is 0 Å². The highest BCUT2D eigenvalue weighted by Crippen LogP contribution is 2.22. The molecule has 0 aliphatic carbocycles. The van der Waals surface area contributed by atoms with Gasteiger partial charge in [-0.1, -0.05) is 32.0 Å². The first-order valence-electron chi connectivity index (χ1n) is 7.26. The number of rotatable bonds is 6. The van der Waals surface area contributed by atoms with Crippen LogP contribution in [0.25, 0.3) is 11.3 Å². The van der Waals surface area contributed by atoms with Gasteiger partial charge in [0.1, 0.15) is 12.4 Å². The number of benzene rings is 1. The minimum atomic E-state index is 0.411. The standard InChI is InChI=1S/C17H23N3O/c1-12(2)8-13-6-5-7-14(9-13)15-10-16(18-3)20-17(19-15)11-21-4/h5-7,9-10,12H,8,11H2,1-4H3,(H,18,19,20). The zero-order chi connectivity index (χ0) is 15.2. The predicted octanol–water partition coefficient (Wildman–Crippen LogP) is 3.53. The molecular formula is C17H23N3O. The zero-order valence-electron chi connectivity index (χ0n) is 13.2. The number of methoxy groups -OCH3 is 1. The molecule has 0 bridgehead atoms. The van der Waals surface area contributed by atoms with Crippen molar-refractivity contribution in [1.82, 2.24) is 9.97 Å². The molecule has 21 heavy (non-hydrogen) atoms. The van der Waals surface area contributed by atoms with Gasteiger partial charge in [-0.25, -0.2) is 9.97 Å². The second-order valence-corrected chi connectivity index (χ2v) is 5.54. The lowest BCUT2D eigenvalue weighted by Gasteiger charge is -2.10. The Morgan fingerprint density at radius 2 is 2.00 bits per heavy atom. The van der Waals surface area contributed by atoms with E-state index in [1.54, 1.807) is 7.11 Å². The molecule has 1 heterocycles. The second kappa shape index (κ2) is 7.18. The van der Waals surface area contributed by atoms with E-state index in [1.165, 1.54) is 5.56 Å². The van der Waals surface area contributed by atoms with Crippen LogP contribution in [-0.2, 0) is 17.8 Å². The summed E-state index contributed by atoms with van der Waals surface area (Å²) in [6.07, 6.45) is 1.07. The molecule has 2 rings (SSSR count). The van der Waals surface area contributed by atoms with E-state index in [4.69, 9.17) is 4.74 Å². The van der Waals surface area contributed by atoms with E-state index in [1.807, 2.05) is 13.1 Å². The lowest BCUT2D eigenvalue weighted by molar-refractivity contribution is 0.178. The van der Waals surface area contributed by atoms with Gasteiger partial charge in [0, 0.05) is 25.8 Å². The SMILES string of the molecule is CNc1cc(-c2cccc(CC(C)C)c2)nc(COC)n1. The molecule has 0 fully saturated rings. The molecule has 0 aliphatic rings. The van der Waals surface area contributed by atoms with Crippen molar-refractivity contribution in [3.8, 4) is 11.3 Å². The molecule has 0 spiro atoms. The van der Waals surface area contributed by atoms with Crippen LogP contribution in [0.5, 0.6) is 0 Å². The molecule has 4 nitrogen and oxygen atoms in total. The molecule has 112 valence electrons. The summed E-state index contributed by atoms with van der Waals surface area (Å²) in [4.78, 5) is 8.98. The molecule has 0 amide bonds. The molecule has 1 N–H and O–H groups in total. The summed E-state index contributed by atoms with van der Waals surface area (Å²) in [6.45, 7) is 4.87. The highest BCUT2D eigenvalue weighted by Gasteiger charge is 2.07. The first kappa shape index (κ1) is 15.4. The fourth-order valence-electron chi connectivity index (χ4n) is 2.30. The van der Waals surface area contributed by atoms with Crippen molar-refractivity contribution in [2.45, 2.75) is 26.9 Å². The Hall–Kier alpha value is -1.94. The van der Waals surface area contributed by atoms with Crippen molar-refractivity contribution in [1.29, 1.82) is 0 Å². The molecule has 0 aliphatic heterocycles.